The molecule has 4 nitrogen and oxygen atoms in total. The van der Waals surface area contributed by atoms with Crippen LogP contribution in [0.5, 0.6) is 0 Å². The van der Waals surface area contributed by atoms with Gasteiger partial charge in [0.15, 0.2) is 0 Å². The molecule has 2 rings (SSSR count). The van der Waals surface area contributed by atoms with Gasteiger partial charge in [-0.2, -0.15) is 0 Å². The number of aliphatic hydroxyl groups is 1. The van der Waals surface area contributed by atoms with Crippen LogP contribution in [0, 0.1) is 0 Å². The lowest BCUT2D eigenvalue weighted by molar-refractivity contribution is 0.0907. The Hall–Kier alpha value is -1.13. The van der Waals surface area contributed by atoms with Crippen LogP contribution in [0.3, 0.4) is 0 Å². The van der Waals surface area contributed by atoms with Crippen LogP contribution in [0.2, 0.25) is 0 Å². The highest BCUT2D eigenvalue weighted by Crippen LogP contribution is 2.17. The molecule has 1 aliphatic carbocycles. The van der Waals surface area contributed by atoms with Gasteiger partial charge in [0.25, 0.3) is 5.56 Å². The highest BCUT2D eigenvalue weighted by Gasteiger charge is 2.21. The van der Waals surface area contributed by atoms with Gasteiger partial charge in [0.1, 0.15) is 0 Å². The Bertz CT molecular complexity index is 402. The lowest BCUT2D eigenvalue weighted by atomic mass is 9.93. The first-order valence-electron chi connectivity index (χ1n) is 6.34. The van der Waals surface area contributed by atoms with Crippen molar-refractivity contribution in [1.82, 2.24) is 9.88 Å². The molecule has 2 atom stereocenters. The van der Waals surface area contributed by atoms with Gasteiger partial charge in [0.2, 0.25) is 0 Å². The second-order valence-corrected chi connectivity index (χ2v) is 4.64. The molecule has 4 heteroatoms. The molecule has 1 aliphatic rings. The molecule has 0 amide bonds. The fraction of sp³-hybridized carbons (Fsp3) is 0.615. The molecule has 0 saturated heterocycles. The Balaban J connectivity index is 1.79. The molecule has 2 unspecified atom stereocenters. The van der Waals surface area contributed by atoms with Crippen molar-refractivity contribution in [3.63, 3.8) is 0 Å². The van der Waals surface area contributed by atoms with E-state index in [2.05, 4.69) is 5.32 Å². The van der Waals surface area contributed by atoms with Crippen molar-refractivity contribution in [2.75, 3.05) is 6.54 Å². The predicted octanol–water partition coefficient (Wildman–Crippen LogP) is 0.741. The number of nitrogens with one attached hydrogen (secondary N) is 1. The third kappa shape index (κ3) is 3.41. The van der Waals surface area contributed by atoms with Gasteiger partial charge in [-0.25, -0.2) is 0 Å². The van der Waals surface area contributed by atoms with Crippen molar-refractivity contribution in [2.24, 2.45) is 0 Å². The van der Waals surface area contributed by atoms with E-state index in [4.69, 9.17) is 0 Å². The van der Waals surface area contributed by atoms with E-state index in [0.717, 1.165) is 25.8 Å². The van der Waals surface area contributed by atoms with Gasteiger partial charge < -0.3 is 15.0 Å². The summed E-state index contributed by atoms with van der Waals surface area (Å²) >= 11 is 0. The number of nitrogens with zero attached hydrogens (tertiary/aromatic N) is 1. The summed E-state index contributed by atoms with van der Waals surface area (Å²) in [5.41, 5.74) is 0.0264. The summed E-state index contributed by atoms with van der Waals surface area (Å²) in [6.07, 6.45) is 5.79. The highest BCUT2D eigenvalue weighted by atomic mass is 16.3. The minimum absolute atomic E-state index is 0.0264. The average molecular weight is 236 g/mol. The summed E-state index contributed by atoms with van der Waals surface area (Å²) in [6.45, 7) is 1.38. The van der Waals surface area contributed by atoms with E-state index in [1.54, 1.807) is 22.9 Å². The number of hydrogen-bond donors (Lipinski definition) is 2. The Labute approximate surface area is 101 Å². The Morgan fingerprint density at radius 2 is 2.18 bits per heavy atom. The highest BCUT2D eigenvalue weighted by molar-refractivity contribution is 4.93. The van der Waals surface area contributed by atoms with E-state index >= 15 is 0 Å². The smallest absolute Gasteiger partial charge is 0.250 e. The van der Waals surface area contributed by atoms with Crippen molar-refractivity contribution in [3.8, 4) is 0 Å². The largest absolute Gasteiger partial charge is 0.392 e. The maximum Gasteiger partial charge on any atom is 0.250 e. The standard InChI is InChI=1S/C13H20N2O2/c16-12-6-2-1-5-11(12)14-8-10-15-9-4-3-7-13(15)17/h3-4,7,9,11-12,14,16H,1-2,5-6,8,10H2. The molecule has 0 bridgehead atoms. The molecule has 0 aromatic carbocycles. The van der Waals surface area contributed by atoms with Crippen LogP contribution in [0.25, 0.3) is 0 Å². The van der Waals surface area contributed by atoms with Gasteiger partial charge in [-0.15, -0.1) is 0 Å². The maximum absolute atomic E-state index is 11.5. The molecular formula is C13H20N2O2. The van der Waals surface area contributed by atoms with Gasteiger partial charge in [-0.3, -0.25) is 4.79 Å². The van der Waals surface area contributed by atoms with Crippen molar-refractivity contribution in [2.45, 2.75) is 44.4 Å². The van der Waals surface area contributed by atoms with E-state index in [-0.39, 0.29) is 17.7 Å². The van der Waals surface area contributed by atoms with Crippen LogP contribution >= 0.6 is 0 Å². The van der Waals surface area contributed by atoms with Crippen molar-refractivity contribution in [3.05, 3.63) is 34.7 Å². The van der Waals surface area contributed by atoms with Crippen LogP contribution in [-0.4, -0.2) is 28.4 Å². The number of hydrogen-bond acceptors (Lipinski definition) is 3. The molecule has 94 valence electrons. The second kappa shape index (κ2) is 5.98. The first kappa shape index (κ1) is 12.3. The van der Waals surface area contributed by atoms with E-state index in [1.165, 1.54) is 6.42 Å². The maximum atomic E-state index is 11.5. The lowest BCUT2D eigenvalue weighted by Crippen LogP contribution is -2.43. The Morgan fingerprint density at radius 3 is 2.94 bits per heavy atom. The minimum atomic E-state index is -0.226. The molecule has 0 spiro atoms. The predicted molar refractivity (Wildman–Crippen MR) is 67.0 cm³/mol. The van der Waals surface area contributed by atoms with Crippen LogP contribution in [0.1, 0.15) is 25.7 Å². The molecule has 2 N–H and O–H groups in total. The van der Waals surface area contributed by atoms with E-state index < -0.39 is 0 Å². The van der Waals surface area contributed by atoms with Crippen LogP contribution in [0.15, 0.2) is 29.2 Å². The van der Waals surface area contributed by atoms with Crippen LogP contribution in [0.4, 0.5) is 0 Å². The topological polar surface area (TPSA) is 54.3 Å². The summed E-state index contributed by atoms with van der Waals surface area (Å²) in [7, 11) is 0. The molecule has 1 aromatic heterocycles. The molecule has 1 aromatic rings. The molecular weight excluding hydrogens is 216 g/mol. The first-order chi connectivity index (χ1) is 8.27. The zero-order valence-corrected chi connectivity index (χ0v) is 10.0. The monoisotopic (exact) mass is 236 g/mol. The minimum Gasteiger partial charge on any atom is -0.392 e. The Morgan fingerprint density at radius 1 is 1.35 bits per heavy atom. The molecule has 1 fully saturated rings. The second-order valence-electron chi connectivity index (χ2n) is 4.64. The van der Waals surface area contributed by atoms with Crippen molar-refractivity contribution < 1.29 is 5.11 Å². The van der Waals surface area contributed by atoms with Gasteiger partial charge in [-0.1, -0.05) is 18.9 Å². The van der Waals surface area contributed by atoms with Gasteiger partial charge in [0, 0.05) is 31.4 Å². The van der Waals surface area contributed by atoms with Gasteiger partial charge >= 0.3 is 0 Å². The summed E-state index contributed by atoms with van der Waals surface area (Å²) in [4.78, 5) is 11.5. The third-order valence-electron chi connectivity index (χ3n) is 3.39. The van der Waals surface area contributed by atoms with Crippen molar-refractivity contribution >= 4 is 0 Å². The van der Waals surface area contributed by atoms with Gasteiger partial charge in [-0.05, 0) is 18.9 Å². The summed E-state index contributed by atoms with van der Waals surface area (Å²) in [5.74, 6) is 0. The molecule has 1 heterocycles. The summed E-state index contributed by atoms with van der Waals surface area (Å²) < 4.78 is 1.68. The Kier molecular flexibility index (Phi) is 4.34. The molecule has 1 saturated carbocycles. The molecule has 0 aliphatic heterocycles. The van der Waals surface area contributed by atoms with Crippen molar-refractivity contribution in [1.29, 1.82) is 0 Å². The van der Waals surface area contributed by atoms with Crippen LogP contribution in [-0.2, 0) is 6.54 Å². The fourth-order valence-corrected chi connectivity index (χ4v) is 2.37. The number of aromatic nitrogens is 1. The first-order valence-corrected chi connectivity index (χ1v) is 6.34. The van der Waals surface area contributed by atoms with E-state index in [9.17, 15) is 9.90 Å². The number of aliphatic hydroxyl groups excluding tert-OH is 1. The summed E-state index contributed by atoms with van der Waals surface area (Å²) in [5, 5.41) is 13.1. The average Bonchev–Trinajstić information content (AvgIpc) is 2.34. The number of pyridine rings is 1. The van der Waals surface area contributed by atoms with Gasteiger partial charge in [0.05, 0.1) is 6.10 Å². The normalized spacial score (nSPS) is 24.8. The zero-order chi connectivity index (χ0) is 12.1. The van der Waals surface area contributed by atoms with E-state index in [0.29, 0.717) is 6.54 Å². The third-order valence-corrected chi connectivity index (χ3v) is 3.39. The van der Waals surface area contributed by atoms with Crippen LogP contribution < -0.4 is 10.9 Å². The number of rotatable bonds is 4. The fourth-order valence-electron chi connectivity index (χ4n) is 2.37. The SMILES string of the molecule is O=c1ccccn1CCNC1CCCCC1O. The summed E-state index contributed by atoms with van der Waals surface area (Å²) in [6, 6.07) is 5.37. The molecule has 17 heavy (non-hydrogen) atoms. The zero-order valence-electron chi connectivity index (χ0n) is 10.0. The lowest BCUT2D eigenvalue weighted by Gasteiger charge is -2.28. The van der Waals surface area contributed by atoms with E-state index in [1.807, 2.05) is 6.07 Å². The quantitative estimate of drug-likeness (QED) is 0.811. The molecule has 0 radical (unpaired) electrons.